The van der Waals surface area contributed by atoms with Gasteiger partial charge in [-0.2, -0.15) is 8.42 Å². The lowest BCUT2D eigenvalue weighted by Gasteiger charge is -2.28. The Bertz CT molecular complexity index is 7120. The molecule has 0 spiro atoms. The average molecular weight is 2040 g/mol. The lowest BCUT2D eigenvalue weighted by molar-refractivity contribution is -0.127. The van der Waals surface area contributed by atoms with Gasteiger partial charge in [0.15, 0.2) is 34.6 Å². The van der Waals surface area contributed by atoms with E-state index in [0.29, 0.717) is 158 Å². The van der Waals surface area contributed by atoms with Crippen LogP contribution in [0.25, 0.3) is 0 Å². The SMILES string of the molecule is COc1cc2c(cc1OCc1cc(COc3cc4c(cc3C)C(=O)N3c5ccccc5C[C@H]3C(S(=O)(=O)OC)C4)cc(NC(=O)CCC(=O)CNC(=O)CCC(=O)CCC(C)(C)C)c1)CC[C@@H]1Cc3ccccc3N1C2=O.COc1cc2c(cc1OCc1cc(COc3cc4c(cc3C)C(=O)N3c5ccccc5C[C@H]3C=N4)cc(NC(=O)CCC(=O)CNC(=O)CCC(=O)CCC(C)(C)C)c1)CC[C@@H]1Cc3ccccc3N1C2=O. The number of nitrogens with zero attached hydrogens (tertiary/aromatic N) is 5. The van der Waals surface area contributed by atoms with Crippen LogP contribution >= 0.6 is 0 Å². The number of nitrogens with one attached hydrogen (secondary N) is 4. The minimum Gasteiger partial charge on any atom is -0.493 e. The van der Waals surface area contributed by atoms with Crippen LogP contribution in [-0.4, -0.2) is 149 Å². The Morgan fingerprint density at radius 2 is 0.738 bits per heavy atom. The number of aryl methyl sites for hydroxylation is 4. The number of ketones is 4. The highest BCUT2D eigenvalue weighted by Crippen LogP contribution is 2.48. The first kappa shape index (κ1) is 105. The summed E-state index contributed by atoms with van der Waals surface area (Å²) in [6, 6.07) is 55.7. The van der Waals surface area contributed by atoms with Gasteiger partial charge in [0.2, 0.25) is 23.6 Å². The van der Waals surface area contributed by atoms with Gasteiger partial charge in [-0.1, -0.05) is 114 Å². The van der Waals surface area contributed by atoms with Crippen LogP contribution in [0.2, 0.25) is 0 Å². The molecule has 4 N–H and O–H groups in total. The number of carbonyl (C=O) groups is 12. The number of rotatable bonds is 38. The van der Waals surface area contributed by atoms with Crippen molar-refractivity contribution in [2.24, 2.45) is 15.8 Å². The number of Topliss-reactive ketones (excluding diaryl/α,β-unsaturated/α-hetero) is 4. The number of anilines is 6. The standard InChI is InChI=1S/C60H66N4O12S.C58H61N5O9/c1-36-23-47-42(31-55(77(71,72)74-6)51-28-41-12-8-10-14-50(41)64(51)59(47)70)30-52(36)75-34-37-24-38(26-43(25-37)62-57(68)20-18-46(66)33-61-56(67)19-17-45(65)21-22-60(2,3)4)35-76-54-29-39-15-16-44-27-40-11-7-9-13-49(40)63(44)58(69)48(39)32-53(54)73-5;1-35-22-47-48(59-31-43-27-40-11-7-9-13-50(40)63(43)57(47)69)30-51(35)71-33-36-23-37(25-41(24-36)61-55(67)19-17-45(65)32-60-54(66)18-16-44(64)20-21-58(2,3)4)34-72-53-28-38-14-15-42-26-39-10-6-8-12-49(39)62(42)56(68)46(38)29-52(53)70-5/h7-14,23-26,29-30,32,44,51,55H,15-22,27-28,31,33-35H2,1-6H3,(H,61,67)(H,62,68);6-13,22-25,28-31,42-43H,14-21,26-27,32-34H2,1-5H3,(H,60,66)(H,61,67)/t44-,51+,55?;42-,43+/m11/s1. The Labute approximate surface area is 868 Å². The normalized spacial score (nSPS) is 16.9. The number of hydrogen-bond acceptors (Lipinski definition) is 22. The topological polar surface area (TPSA) is 377 Å². The van der Waals surface area contributed by atoms with Crippen LogP contribution in [0.5, 0.6) is 34.5 Å². The first-order chi connectivity index (χ1) is 71.4. The molecule has 10 aromatic rings. The molecule has 5 atom stereocenters. The van der Waals surface area contributed by atoms with Crippen LogP contribution in [0, 0.1) is 24.7 Å². The van der Waals surface area contributed by atoms with Crippen molar-refractivity contribution >= 4 is 127 Å². The first-order valence-electron chi connectivity index (χ1n) is 51.1. The summed E-state index contributed by atoms with van der Waals surface area (Å²) in [5, 5.41) is 9.93. The highest BCUT2D eigenvalue weighted by atomic mass is 32.2. The van der Waals surface area contributed by atoms with Gasteiger partial charge in [-0.05, 0) is 264 Å². The Morgan fingerprint density at radius 3 is 1.18 bits per heavy atom. The predicted octanol–water partition coefficient (Wildman–Crippen LogP) is 18.3. The zero-order valence-corrected chi connectivity index (χ0v) is 86.9. The summed E-state index contributed by atoms with van der Waals surface area (Å²) in [7, 11) is 0.0847. The quantitative estimate of drug-likeness (QED) is 0.0261. The van der Waals surface area contributed by atoms with Gasteiger partial charge < -0.3 is 64.4 Å². The summed E-state index contributed by atoms with van der Waals surface area (Å²) < 4.78 is 69.7. The molecule has 0 saturated carbocycles. The summed E-state index contributed by atoms with van der Waals surface area (Å²) >= 11 is 0. The number of carbonyl (C=O) groups excluding carboxylic acids is 12. The second-order valence-electron chi connectivity index (χ2n) is 42.1. The molecular weight excluding hydrogens is 1910 g/mol. The number of hydrogen-bond donors (Lipinski definition) is 4. The molecule has 10 aromatic carbocycles. The fraction of sp³-hybridized carbons (Fsp3) is 0.381. The highest BCUT2D eigenvalue weighted by Gasteiger charge is 2.49. The maximum absolute atomic E-state index is 14.4. The van der Waals surface area contributed by atoms with Crippen molar-refractivity contribution in [3.8, 4) is 34.5 Å². The van der Waals surface area contributed by atoms with Crippen molar-refractivity contribution in [1.29, 1.82) is 0 Å². The molecule has 8 amide bonds. The van der Waals surface area contributed by atoms with Crippen molar-refractivity contribution in [2.45, 2.75) is 246 Å². The van der Waals surface area contributed by atoms with Gasteiger partial charge in [-0.3, -0.25) is 71.6 Å². The summed E-state index contributed by atoms with van der Waals surface area (Å²) in [4.78, 5) is 171. The molecule has 18 rings (SSSR count). The molecule has 0 aliphatic carbocycles. The van der Waals surface area contributed by atoms with Gasteiger partial charge in [0.1, 0.15) is 54.7 Å². The van der Waals surface area contributed by atoms with E-state index in [1.54, 1.807) is 66.6 Å². The van der Waals surface area contributed by atoms with Gasteiger partial charge in [-0.25, -0.2) is 0 Å². The van der Waals surface area contributed by atoms with Gasteiger partial charge in [-0.15, -0.1) is 0 Å². The third-order valence-corrected chi connectivity index (χ3v) is 30.5. The second kappa shape index (κ2) is 45.4. The third-order valence-electron chi connectivity index (χ3n) is 28.8. The highest BCUT2D eigenvalue weighted by molar-refractivity contribution is 7.87. The maximum Gasteiger partial charge on any atom is 0.272 e. The van der Waals surface area contributed by atoms with Crippen LogP contribution in [-0.2, 0) is 124 Å². The van der Waals surface area contributed by atoms with Crippen LogP contribution in [0.3, 0.4) is 0 Å². The van der Waals surface area contributed by atoms with E-state index in [9.17, 15) is 66.0 Å². The molecular formula is C118H127N9O21S. The molecule has 776 valence electrons. The fourth-order valence-electron chi connectivity index (χ4n) is 20.9. The predicted molar refractivity (Wildman–Crippen MR) is 567 cm³/mol. The number of aliphatic imine (C=N–C) groups is 1. The Balaban J connectivity index is 0.000000203. The molecule has 31 heteroatoms. The van der Waals surface area contributed by atoms with E-state index >= 15 is 0 Å². The zero-order chi connectivity index (χ0) is 105. The van der Waals surface area contributed by atoms with E-state index in [0.717, 1.165) is 89.7 Å². The molecule has 8 heterocycles. The van der Waals surface area contributed by atoms with Gasteiger partial charge in [0.25, 0.3) is 33.7 Å². The van der Waals surface area contributed by atoms with E-state index in [4.69, 9.17) is 37.6 Å². The first-order valence-corrected chi connectivity index (χ1v) is 52.5. The minimum atomic E-state index is -4.11. The second-order valence-corrected chi connectivity index (χ2v) is 44.0. The molecule has 0 saturated heterocycles. The molecule has 149 heavy (non-hydrogen) atoms. The molecule has 0 radical (unpaired) electrons. The van der Waals surface area contributed by atoms with E-state index in [-0.39, 0.29) is 179 Å². The van der Waals surface area contributed by atoms with Crippen LogP contribution < -0.4 is 69.3 Å². The van der Waals surface area contributed by atoms with Crippen molar-refractivity contribution in [3.63, 3.8) is 0 Å². The van der Waals surface area contributed by atoms with Crippen molar-refractivity contribution in [3.05, 3.63) is 277 Å². The van der Waals surface area contributed by atoms with E-state index in [2.05, 4.69) is 54.2 Å². The number of methoxy groups -OCH3 is 2. The maximum atomic E-state index is 14.4. The van der Waals surface area contributed by atoms with Crippen molar-refractivity contribution in [2.75, 3.05) is 64.7 Å². The summed E-state index contributed by atoms with van der Waals surface area (Å²) in [6.45, 7) is 15.7. The molecule has 8 aliphatic rings. The van der Waals surface area contributed by atoms with Crippen LogP contribution in [0.1, 0.15) is 245 Å². The number of amides is 8. The fourth-order valence-corrected chi connectivity index (χ4v) is 22.1. The zero-order valence-electron chi connectivity index (χ0n) is 86.1. The minimum absolute atomic E-state index is 0.00461. The third kappa shape index (κ3) is 24.9. The van der Waals surface area contributed by atoms with Crippen molar-refractivity contribution in [1.82, 2.24) is 10.6 Å². The Morgan fingerprint density at radius 1 is 0.369 bits per heavy atom. The molecule has 0 aromatic heterocycles. The molecule has 0 fully saturated rings. The Hall–Kier alpha value is -15.0. The number of benzene rings is 10. The molecule has 30 nitrogen and oxygen atoms in total. The van der Waals surface area contributed by atoms with Gasteiger partial charge >= 0.3 is 0 Å². The van der Waals surface area contributed by atoms with Crippen LogP contribution in [0.4, 0.5) is 39.8 Å². The molecule has 8 aliphatic heterocycles. The summed E-state index contributed by atoms with van der Waals surface area (Å²) in [6.07, 6.45) is 9.26. The number of fused-ring (bicyclic) bond motifs is 16. The smallest absolute Gasteiger partial charge is 0.272 e. The number of ether oxygens (including phenoxy) is 6. The van der Waals surface area contributed by atoms with E-state index in [1.165, 1.54) is 12.7 Å². The number of para-hydroxylation sites is 4. The van der Waals surface area contributed by atoms with E-state index in [1.807, 2.05) is 171 Å². The van der Waals surface area contributed by atoms with Gasteiger partial charge in [0.05, 0.1) is 57.8 Å². The molecule has 0 bridgehead atoms. The lowest BCUT2D eigenvalue weighted by atomic mass is 9.89. The monoisotopic (exact) mass is 2040 g/mol. The molecule has 1 unspecified atom stereocenters. The van der Waals surface area contributed by atoms with Crippen molar-refractivity contribution < 1.29 is 98.6 Å². The van der Waals surface area contributed by atoms with Gasteiger partial charge in [0, 0.05) is 146 Å². The average Bonchev–Trinajstić information content (AvgIpc) is 1.58. The van der Waals surface area contributed by atoms with E-state index < -0.39 is 39.1 Å². The largest absolute Gasteiger partial charge is 0.493 e. The summed E-state index contributed by atoms with van der Waals surface area (Å²) in [5.41, 5.74) is 17.4. The summed E-state index contributed by atoms with van der Waals surface area (Å²) in [5.74, 6) is -0.240. The Kier molecular flexibility index (Phi) is 32.1. The lowest BCUT2D eigenvalue weighted by Crippen LogP contribution is -2.47. The van der Waals surface area contributed by atoms with Crippen LogP contribution in [0.15, 0.2) is 187 Å².